The molecule has 0 aromatic rings. The molecule has 0 bridgehead atoms. The van der Waals surface area contributed by atoms with Gasteiger partial charge in [0.15, 0.2) is 0 Å². The predicted molar refractivity (Wildman–Crippen MR) is 85.4 cm³/mol. The Morgan fingerprint density at radius 3 is 1.32 bits per heavy atom. The Morgan fingerprint density at radius 1 is 0.591 bits per heavy atom. The van der Waals surface area contributed by atoms with Crippen molar-refractivity contribution in [1.82, 2.24) is 0 Å². The maximum absolute atomic E-state index is 5.49. The Kier molecular flexibility index (Phi) is 18.6. The van der Waals surface area contributed by atoms with Crippen molar-refractivity contribution in [2.75, 3.05) is 79.8 Å². The molecule has 0 aliphatic carbocycles. The van der Waals surface area contributed by atoms with Crippen molar-refractivity contribution in [3.8, 4) is 0 Å². The van der Waals surface area contributed by atoms with Crippen LogP contribution in [0.5, 0.6) is 0 Å². The summed E-state index contributed by atoms with van der Waals surface area (Å²) in [6.45, 7) is 11.1. The number of hydrogen-bond donors (Lipinski definition) is 0. The highest BCUT2D eigenvalue weighted by Crippen LogP contribution is 1.99. The van der Waals surface area contributed by atoms with Crippen molar-refractivity contribution < 1.29 is 28.4 Å². The molecule has 0 heterocycles. The van der Waals surface area contributed by atoms with Crippen LogP contribution in [0.3, 0.4) is 0 Å². The van der Waals surface area contributed by atoms with Gasteiger partial charge in [-0.1, -0.05) is 20.3 Å². The Morgan fingerprint density at radius 2 is 0.955 bits per heavy atom. The van der Waals surface area contributed by atoms with Gasteiger partial charge in [-0.15, -0.1) is 0 Å². The van der Waals surface area contributed by atoms with Gasteiger partial charge in [-0.05, 0) is 5.92 Å². The summed E-state index contributed by atoms with van der Waals surface area (Å²) in [5.74, 6) is 0.619. The third-order valence-electron chi connectivity index (χ3n) is 3.02. The number of methoxy groups -OCH3 is 1. The molecule has 0 aromatic carbocycles. The highest BCUT2D eigenvalue weighted by atomic mass is 16.6. The minimum atomic E-state index is 0.575. The quantitative estimate of drug-likeness (QED) is 0.358. The Balaban J connectivity index is 2.97. The van der Waals surface area contributed by atoms with E-state index in [2.05, 4.69) is 13.8 Å². The second-order valence-corrected chi connectivity index (χ2v) is 5.03. The van der Waals surface area contributed by atoms with E-state index in [-0.39, 0.29) is 0 Å². The van der Waals surface area contributed by atoms with E-state index >= 15 is 0 Å². The summed E-state index contributed by atoms with van der Waals surface area (Å²) >= 11 is 0. The van der Waals surface area contributed by atoms with Crippen molar-refractivity contribution in [3.05, 3.63) is 0 Å². The SMILES string of the molecule is CCC(C)COCCOCCOCCOCCOCCOC. The van der Waals surface area contributed by atoms with E-state index in [0.717, 1.165) is 13.0 Å². The second kappa shape index (κ2) is 18.8. The summed E-state index contributed by atoms with van der Waals surface area (Å²) < 4.78 is 31.8. The zero-order chi connectivity index (χ0) is 16.3. The van der Waals surface area contributed by atoms with Gasteiger partial charge in [-0.3, -0.25) is 0 Å². The molecule has 6 heteroatoms. The van der Waals surface area contributed by atoms with Gasteiger partial charge in [0.05, 0.1) is 66.1 Å². The van der Waals surface area contributed by atoms with Crippen LogP contribution >= 0.6 is 0 Å². The smallest absolute Gasteiger partial charge is 0.0701 e. The average Bonchev–Trinajstić information content (AvgIpc) is 2.54. The van der Waals surface area contributed by atoms with E-state index < -0.39 is 0 Å². The first-order chi connectivity index (χ1) is 10.8. The van der Waals surface area contributed by atoms with E-state index in [4.69, 9.17) is 28.4 Å². The van der Waals surface area contributed by atoms with Crippen LogP contribution in [-0.2, 0) is 28.4 Å². The van der Waals surface area contributed by atoms with Gasteiger partial charge in [-0.2, -0.15) is 0 Å². The molecule has 134 valence electrons. The van der Waals surface area contributed by atoms with Crippen LogP contribution in [0.4, 0.5) is 0 Å². The molecule has 0 saturated carbocycles. The standard InChI is InChI=1S/C16H34O6/c1-4-16(2)15-22-14-13-21-12-11-20-10-9-19-8-7-18-6-5-17-3/h16H,4-15H2,1-3H3. The van der Waals surface area contributed by atoms with Crippen LogP contribution in [0, 0.1) is 5.92 Å². The zero-order valence-corrected chi connectivity index (χ0v) is 14.5. The summed E-state index contributed by atoms with van der Waals surface area (Å²) in [6, 6.07) is 0. The fourth-order valence-corrected chi connectivity index (χ4v) is 1.42. The van der Waals surface area contributed by atoms with E-state index in [1.807, 2.05) is 0 Å². The Labute approximate surface area is 135 Å². The van der Waals surface area contributed by atoms with Crippen LogP contribution < -0.4 is 0 Å². The molecule has 0 rings (SSSR count). The van der Waals surface area contributed by atoms with Gasteiger partial charge < -0.3 is 28.4 Å². The van der Waals surface area contributed by atoms with Gasteiger partial charge in [-0.25, -0.2) is 0 Å². The first-order valence-corrected chi connectivity index (χ1v) is 8.18. The van der Waals surface area contributed by atoms with E-state index in [9.17, 15) is 0 Å². The van der Waals surface area contributed by atoms with Crippen LogP contribution in [0.15, 0.2) is 0 Å². The minimum absolute atomic E-state index is 0.575. The Hall–Kier alpha value is -0.240. The van der Waals surface area contributed by atoms with Crippen molar-refractivity contribution in [3.63, 3.8) is 0 Å². The first kappa shape index (κ1) is 21.8. The Bertz CT molecular complexity index is 203. The summed E-state index contributed by atoms with van der Waals surface area (Å²) in [5, 5.41) is 0. The van der Waals surface area contributed by atoms with E-state index in [1.165, 1.54) is 0 Å². The van der Waals surface area contributed by atoms with Gasteiger partial charge in [0.1, 0.15) is 0 Å². The summed E-state index contributed by atoms with van der Waals surface area (Å²) in [7, 11) is 1.65. The van der Waals surface area contributed by atoms with Crippen LogP contribution in [0.1, 0.15) is 20.3 Å². The molecule has 0 fully saturated rings. The fraction of sp³-hybridized carbons (Fsp3) is 1.00. The summed E-state index contributed by atoms with van der Waals surface area (Å²) in [6.07, 6.45) is 1.15. The lowest BCUT2D eigenvalue weighted by Gasteiger charge is -2.10. The maximum atomic E-state index is 5.49. The largest absolute Gasteiger partial charge is 0.382 e. The lowest BCUT2D eigenvalue weighted by Crippen LogP contribution is -2.14. The molecule has 0 spiro atoms. The zero-order valence-electron chi connectivity index (χ0n) is 14.5. The molecule has 0 aliphatic rings. The van der Waals surface area contributed by atoms with Gasteiger partial charge in [0, 0.05) is 13.7 Å². The average molecular weight is 322 g/mol. The molecule has 0 aliphatic heterocycles. The molecule has 0 aromatic heterocycles. The third kappa shape index (κ3) is 17.8. The second-order valence-electron chi connectivity index (χ2n) is 5.03. The van der Waals surface area contributed by atoms with Gasteiger partial charge in [0.2, 0.25) is 0 Å². The third-order valence-corrected chi connectivity index (χ3v) is 3.02. The maximum Gasteiger partial charge on any atom is 0.0701 e. The lowest BCUT2D eigenvalue weighted by molar-refractivity contribution is -0.0163. The molecule has 6 nitrogen and oxygen atoms in total. The van der Waals surface area contributed by atoms with Crippen molar-refractivity contribution in [1.29, 1.82) is 0 Å². The van der Waals surface area contributed by atoms with E-state index in [0.29, 0.717) is 72.0 Å². The normalized spacial score (nSPS) is 12.7. The number of ether oxygens (including phenoxy) is 6. The molecule has 0 radical (unpaired) electrons. The highest BCUT2D eigenvalue weighted by molar-refractivity contribution is 4.45. The van der Waals surface area contributed by atoms with Crippen LogP contribution in [0.25, 0.3) is 0 Å². The minimum Gasteiger partial charge on any atom is -0.382 e. The fourth-order valence-electron chi connectivity index (χ4n) is 1.42. The van der Waals surface area contributed by atoms with Crippen molar-refractivity contribution >= 4 is 0 Å². The van der Waals surface area contributed by atoms with Crippen LogP contribution in [-0.4, -0.2) is 79.8 Å². The predicted octanol–water partition coefficient (Wildman–Crippen LogP) is 1.76. The van der Waals surface area contributed by atoms with Gasteiger partial charge >= 0.3 is 0 Å². The first-order valence-electron chi connectivity index (χ1n) is 8.18. The van der Waals surface area contributed by atoms with E-state index in [1.54, 1.807) is 7.11 Å². The number of rotatable bonds is 18. The van der Waals surface area contributed by atoms with Crippen LogP contribution in [0.2, 0.25) is 0 Å². The molecule has 22 heavy (non-hydrogen) atoms. The van der Waals surface area contributed by atoms with Crippen molar-refractivity contribution in [2.45, 2.75) is 20.3 Å². The topological polar surface area (TPSA) is 55.4 Å². The highest BCUT2D eigenvalue weighted by Gasteiger charge is 1.98. The van der Waals surface area contributed by atoms with Gasteiger partial charge in [0.25, 0.3) is 0 Å². The molecular weight excluding hydrogens is 288 g/mol. The van der Waals surface area contributed by atoms with Crippen molar-refractivity contribution in [2.24, 2.45) is 5.92 Å². The molecule has 0 amide bonds. The molecular formula is C16H34O6. The molecule has 0 N–H and O–H groups in total. The molecule has 1 atom stereocenters. The molecule has 1 unspecified atom stereocenters. The summed E-state index contributed by atoms with van der Waals surface area (Å²) in [5.41, 5.74) is 0. The lowest BCUT2D eigenvalue weighted by atomic mass is 10.1. The monoisotopic (exact) mass is 322 g/mol. The molecule has 0 saturated heterocycles. The summed E-state index contributed by atoms with van der Waals surface area (Å²) in [4.78, 5) is 0. The number of hydrogen-bond acceptors (Lipinski definition) is 6.